The van der Waals surface area contributed by atoms with Crippen LogP contribution in [-0.2, 0) is 19.9 Å². The van der Waals surface area contributed by atoms with Crippen molar-refractivity contribution >= 4 is 34.8 Å². The van der Waals surface area contributed by atoms with Gasteiger partial charge in [0, 0.05) is 29.4 Å². The van der Waals surface area contributed by atoms with E-state index in [4.69, 9.17) is 4.74 Å². The average Bonchev–Trinajstić information content (AvgIpc) is 3.52. The molecule has 1 spiro atoms. The van der Waals surface area contributed by atoms with Crippen LogP contribution < -0.4 is 15.0 Å². The summed E-state index contributed by atoms with van der Waals surface area (Å²) in [7, 11) is 1.33. The van der Waals surface area contributed by atoms with Gasteiger partial charge in [-0.1, -0.05) is 0 Å². The quantitative estimate of drug-likeness (QED) is 0.418. The topological polar surface area (TPSA) is 122 Å². The molecule has 10 nitrogen and oxygen atoms in total. The van der Waals surface area contributed by atoms with Gasteiger partial charge in [0.15, 0.2) is 0 Å². The van der Waals surface area contributed by atoms with E-state index in [0.29, 0.717) is 24.2 Å². The van der Waals surface area contributed by atoms with Gasteiger partial charge in [0.2, 0.25) is 17.7 Å². The van der Waals surface area contributed by atoms with E-state index in [1.807, 2.05) is 4.90 Å². The molecule has 4 aliphatic heterocycles. The number of nitrogens with one attached hydrogen (secondary N) is 1. The van der Waals surface area contributed by atoms with E-state index in [2.05, 4.69) is 5.32 Å². The van der Waals surface area contributed by atoms with Crippen molar-refractivity contribution in [2.45, 2.75) is 24.4 Å². The molecule has 174 valence electrons. The van der Waals surface area contributed by atoms with Crippen LogP contribution in [0.25, 0.3) is 0 Å². The first kappa shape index (κ1) is 20.7. The Labute approximate surface area is 192 Å². The third kappa shape index (κ3) is 2.34. The maximum Gasteiger partial charge on any atom is 0.271 e. The Kier molecular flexibility index (Phi) is 4.16. The number of carbonyl (C=O) groups is 3. The number of fused-ring (bicyclic) bond motifs is 7. The second kappa shape index (κ2) is 6.83. The van der Waals surface area contributed by atoms with Crippen molar-refractivity contribution in [3.63, 3.8) is 0 Å². The molecule has 6 rings (SSSR count). The molecule has 0 saturated carbocycles. The molecule has 4 unspecified atom stereocenters. The summed E-state index contributed by atoms with van der Waals surface area (Å²) in [5.41, 5.74) is -1.13. The summed E-state index contributed by atoms with van der Waals surface area (Å²) in [4.78, 5) is 54.8. The summed E-state index contributed by atoms with van der Waals surface area (Å²) in [5, 5.41) is 14.1. The first-order chi connectivity index (χ1) is 16.3. The molecule has 0 aromatic heterocycles. The van der Waals surface area contributed by atoms with Crippen LogP contribution in [0.1, 0.15) is 18.4 Å². The largest absolute Gasteiger partial charge is 0.495 e. The summed E-state index contributed by atoms with van der Waals surface area (Å²) >= 11 is 0. The number of rotatable bonds is 3. The number of benzene rings is 2. The lowest BCUT2D eigenvalue weighted by Crippen LogP contribution is -2.54. The van der Waals surface area contributed by atoms with Gasteiger partial charge in [-0.15, -0.1) is 0 Å². The summed E-state index contributed by atoms with van der Waals surface area (Å²) < 4.78 is 19.6. The average molecular weight is 466 g/mol. The highest BCUT2D eigenvalue weighted by Gasteiger charge is 2.74. The van der Waals surface area contributed by atoms with Crippen molar-refractivity contribution in [1.29, 1.82) is 0 Å². The number of nitrogens with zero attached hydrogens (tertiary/aromatic N) is 3. The fourth-order valence-corrected chi connectivity index (χ4v) is 6.38. The van der Waals surface area contributed by atoms with Gasteiger partial charge >= 0.3 is 0 Å². The molecule has 11 heteroatoms. The van der Waals surface area contributed by atoms with Crippen LogP contribution in [0.5, 0.6) is 5.75 Å². The maximum atomic E-state index is 14.3. The number of non-ortho nitro benzene ring substituents is 1. The number of amides is 3. The Balaban J connectivity index is 1.56. The van der Waals surface area contributed by atoms with Gasteiger partial charge in [0.05, 0.1) is 23.9 Å². The van der Waals surface area contributed by atoms with Gasteiger partial charge in [-0.25, -0.2) is 9.29 Å². The molecule has 4 atom stereocenters. The number of nitro benzene ring substituents is 1. The monoisotopic (exact) mass is 466 g/mol. The second-order valence-corrected chi connectivity index (χ2v) is 8.94. The van der Waals surface area contributed by atoms with Crippen LogP contribution in [0.3, 0.4) is 0 Å². The van der Waals surface area contributed by atoms with E-state index in [0.717, 1.165) is 17.4 Å². The number of imide groups is 1. The lowest BCUT2D eigenvalue weighted by atomic mass is 9.75. The summed E-state index contributed by atoms with van der Waals surface area (Å²) in [6.45, 7) is 0.488. The van der Waals surface area contributed by atoms with Crippen molar-refractivity contribution in [2.75, 3.05) is 23.9 Å². The predicted molar refractivity (Wildman–Crippen MR) is 116 cm³/mol. The normalized spacial score (nSPS) is 29.4. The Morgan fingerprint density at radius 2 is 1.97 bits per heavy atom. The van der Waals surface area contributed by atoms with Gasteiger partial charge in [-0.3, -0.25) is 29.4 Å². The van der Waals surface area contributed by atoms with Crippen LogP contribution >= 0.6 is 0 Å². The fraction of sp³-hybridized carbons (Fsp3) is 0.348. The minimum Gasteiger partial charge on any atom is -0.495 e. The zero-order chi connectivity index (χ0) is 23.9. The lowest BCUT2D eigenvalue weighted by Gasteiger charge is -2.36. The molecule has 4 aliphatic rings. The summed E-state index contributed by atoms with van der Waals surface area (Å²) in [6.07, 6.45) is 1.31. The molecule has 3 saturated heterocycles. The molecule has 34 heavy (non-hydrogen) atoms. The van der Waals surface area contributed by atoms with Crippen LogP contribution in [0.4, 0.5) is 21.5 Å². The number of ether oxygens (including phenoxy) is 1. The number of hydrogen-bond donors (Lipinski definition) is 1. The van der Waals surface area contributed by atoms with E-state index < -0.39 is 51.9 Å². The zero-order valence-corrected chi connectivity index (χ0v) is 18.0. The molecule has 2 aromatic carbocycles. The highest BCUT2D eigenvalue weighted by Crippen LogP contribution is 2.61. The van der Waals surface area contributed by atoms with Crippen LogP contribution in [0, 0.1) is 27.8 Å². The molecule has 0 aliphatic carbocycles. The van der Waals surface area contributed by atoms with Crippen LogP contribution in [-0.4, -0.2) is 47.2 Å². The third-order valence-corrected chi connectivity index (χ3v) is 7.57. The molecular weight excluding hydrogens is 447 g/mol. The zero-order valence-electron chi connectivity index (χ0n) is 18.0. The smallest absolute Gasteiger partial charge is 0.271 e. The summed E-state index contributed by atoms with van der Waals surface area (Å²) in [5.74, 6) is -4.05. The van der Waals surface area contributed by atoms with E-state index >= 15 is 0 Å². The highest BCUT2D eigenvalue weighted by molar-refractivity contribution is 6.26. The number of anilines is 2. The van der Waals surface area contributed by atoms with E-state index in [1.165, 1.54) is 37.4 Å². The first-order valence-corrected chi connectivity index (χ1v) is 10.9. The Bertz CT molecular complexity index is 1310. The Morgan fingerprint density at radius 3 is 2.71 bits per heavy atom. The molecule has 0 bridgehead atoms. The molecule has 3 amide bonds. The minimum atomic E-state index is -1.53. The number of methoxy groups -OCH3 is 1. The number of nitro groups is 1. The fourth-order valence-electron chi connectivity index (χ4n) is 6.38. The molecule has 0 radical (unpaired) electrons. The third-order valence-electron chi connectivity index (χ3n) is 7.57. The highest BCUT2D eigenvalue weighted by atomic mass is 19.1. The van der Waals surface area contributed by atoms with Crippen molar-refractivity contribution in [3.05, 3.63) is 57.9 Å². The first-order valence-electron chi connectivity index (χ1n) is 10.9. The van der Waals surface area contributed by atoms with E-state index in [-0.39, 0.29) is 17.1 Å². The van der Waals surface area contributed by atoms with Gasteiger partial charge < -0.3 is 10.1 Å². The maximum absolute atomic E-state index is 14.3. The van der Waals surface area contributed by atoms with E-state index in [9.17, 15) is 28.9 Å². The van der Waals surface area contributed by atoms with Crippen LogP contribution in [0.15, 0.2) is 36.4 Å². The summed E-state index contributed by atoms with van der Waals surface area (Å²) in [6, 6.07) is 7.21. The number of carbonyl (C=O) groups excluding carboxylic acids is 3. The number of hydrogen-bond acceptors (Lipinski definition) is 7. The van der Waals surface area contributed by atoms with Gasteiger partial charge in [0.25, 0.3) is 5.69 Å². The van der Waals surface area contributed by atoms with Crippen molar-refractivity contribution in [1.82, 2.24) is 4.90 Å². The SMILES string of the molecule is COc1ccc([N+](=O)[O-])cc1N1C(=O)C2C3CCCN3C3(C(=O)Nc4ccc(F)cc43)C2C1=O. The molecule has 3 fully saturated rings. The van der Waals surface area contributed by atoms with Crippen LogP contribution in [0.2, 0.25) is 0 Å². The Morgan fingerprint density at radius 1 is 1.18 bits per heavy atom. The van der Waals surface area contributed by atoms with E-state index in [1.54, 1.807) is 0 Å². The van der Waals surface area contributed by atoms with Gasteiger partial charge in [-0.05, 0) is 43.7 Å². The standard InChI is InChI=1S/C23H19FN4O6/c1-34-17-7-5-12(28(32)33)10-16(17)27-20(29)18-15-3-2-8-26(15)23(19(18)21(27)30)13-9-11(24)4-6-14(13)25-22(23)31/h4-7,9-10,15,18-19H,2-3,8H2,1H3,(H,25,31). The molecule has 1 N–H and O–H groups in total. The molecule has 2 aromatic rings. The van der Waals surface area contributed by atoms with Gasteiger partial charge in [0.1, 0.15) is 22.8 Å². The second-order valence-electron chi connectivity index (χ2n) is 8.94. The lowest BCUT2D eigenvalue weighted by molar-refractivity contribution is -0.384. The Hall–Kier alpha value is -3.86. The number of halogens is 1. The van der Waals surface area contributed by atoms with Crippen molar-refractivity contribution < 1.29 is 28.4 Å². The van der Waals surface area contributed by atoms with Gasteiger partial charge in [-0.2, -0.15) is 0 Å². The predicted octanol–water partition coefficient (Wildman–Crippen LogP) is 2.17. The van der Waals surface area contributed by atoms with Crippen molar-refractivity contribution in [2.24, 2.45) is 11.8 Å². The minimum absolute atomic E-state index is 0.0429. The van der Waals surface area contributed by atoms with Crippen molar-refractivity contribution in [3.8, 4) is 5.75 Å². The molecule has 4 heterocycles. The molecular formula is C23H19FN4O6.